The number of nitrogens with zero attached hydrogens (tertiary/aromatic N) is 1. The Bertz CT molecular complexity index is 422. The van der Waals surface area contributed by atoms with Crippen molar-refractivity contribution in [1.82, 2.24) is 10.2 Å². The number of rotatable bonds is 2. The third-order valence-corrected chi connectivity index (χ3v) is 2.67. The maximum Gasteiger partial charge on any atom is 0.317 e. The first-order valence-electron chi connectivity index (χ1n) is 4.97. The normalized spacial score (nSPS) is 19.8. The zero-order valence-corrected chi connectivity index (χ0v) is 9.16. The minimum atomic E-state index is -0.334. The number of carbonyl (C=O) groups is 1. The van der Waals surface area contributed by atoms with Crippen LogP contribution >= 0.6 is 0 Å². The van der Waals surface area contributed by atoms with Crippen molar-refractivity contribution in [1.29, 1.82) is 0 Å². The monoisotopic (exact) mass is 224 g/mol. The Labute approximate surface area is 93.0 Å². The van der Waals surface area contributed by atoms with E-state index in [1.807, 2.05) is 0 Å². The van der Waals surface area contributed by atoms with Gasteiger partial charge in [-0.3, -0.25) is 0 Å². The topological polar surface area (TPSA) is 41.6 Å². The first kappa shape index (κ1) is 10.7. The van der Waals surface area contributed by atoms with Gasteiger partial charge in [-0.25, -0.2) is 9.18 Å². The van der Waals surface area contributed by atoms with Crippen molar-refractivity contribution in [3.8, 4) is 5.75 Å². The van der Waals surface area contributed by atoms with Crippen LogP contribution in [0.2, 0.25) is 0 Å². The van der Waals surface area contributed by atoms with Crippen LogP contribution in [0.25, 0.3) is 0 Å². The minimum absolute atomic E-state index is 0.156. The molecule has 0 saturated carbocycles. The lowest BCUT2D eigenvalue weighted by Gasteiger charge is -2.14. The molecule has 1 saturated heterocycles. The van der Waals surface area contributed by atoms with Crippen molar-refractivity contribution in [3.63, 3.8) is 0 Å². The number of hydrogen-bond acceptors (Lipinski definition) is 2. The number of likely N-dealkylation sites (N-methyl/N-ethyl adjacent to an activating group) is 1. The molecule has 1 aliphatic rings. The van der Waals surface area contributed by atoms with Crippen molar-refractivity contribution in [2.24, 2.45) is 0 Å². The van der Waals surface area contributed by atoms with E-state index in [2.05, 4.69) is 5.32 Å². The number of nitrogens with one attached hydrogen (secondary N) is 1. The molecule has 1 heterocycles. The molecule has 0 radical (unpaired) electrons. The average Bonchev–Trinajstić information content (AvgIpc) is 2.59. The summed E-state index contributed by atoms with van der Waals surface area (Å²) in [6, 6.07) is 3.92. The lowest BCUT2D eigenvalue weighted by Crippen LogP contribution is -2.24. The fourth-order valence-electron chi connectivity index (χ4n) is 1.82. The molecule has 0 aliphatic carbocycles. The van der Waals surface area contributed by atoms with E-state index in [1.54, 1.807) is 18.0 Å². The number of hydrogen-bond donors (Lipinski definition) is 1. The maximum atomic E-state index is 13.1. The van der Waals surface area contributed by atoms with Crippen molar-refractivity contribution in [3.05, 3.63) is 29.6 Å². The van der Waals surface area contributed by atoms with Crippen LogP contribution in [0.15, 0.2) is 18.2 Å². The van der Waals surface area contributed by atoms with Crippen molar-refractivity contribution in [2.45, 2.75) is 6.04 Å². The molecule has 1 aliphatic heterocycles. The molecule has 2 amide bonds. The highest BCUT2D eigenvalue weighted by Crippen LogP contribution is 2.28. The standard InChI is InChI=1S/C11H13FN2O2/c1-14-6-9(13-11(14)15)8-5-7(12)3-4-10(8)16-2/h3-5,9H,6H2,1-2H3,(H,13,15). The van der Waals surface area contributed by atoms with Gasteiger partial charge in [0.25, 0.3) is 0 Å². The van der Waals surface area contributed by atoms with Crippen molar-refractivity contribution < 1.29 is 13.9 Å². The van der Waals surface area contributed by atoms with Crippen molar-refractivity contribution in [2.75, 3.05) is 20.7 Å². The summed E-state index contributed by atoms with van der Waals surface area (Å²) in [4.78, 5) is 12.9. The third-order valence-electron chi connectivity index (χ3n) is 2.67. The van der Waals surface area contributed by atoms with E-state index in [1.165, 1.54) is 19.2 Å². The Morgan fingerprint density at radius 1 is 1.56 bits per heavy atom. The van der Waals surface area contributed by atoms with Crippen LogP contribution in [0.1, 0.15) is 11.6 Å². The van der Waals surface area contributed by atoms with Crippen LogP contribution in [-0.2, 0) is 0 Å². The maximum absolute atomic E-state index is 13.1. The predicted molar refractivity (Wildman–Crippen MR) is 56.9 cm³/mol. The molecule has 2 rings (SSSR count). The summed E-state index contributed by atoms with van der Waals surface area (Å²) in [7, 11) is 3.22. The van der Waals surface area contributed by atoms with E-state index in [0.717, 1.165) is 0 Å². The summed E-state index contributed by atoms with van der Waals surface area (Å²) >= 11 is 0. The molecule has 16 heavy (non-hydrogen) atoms. The molecule has 0 aromatic heterocycles. The predicted octanol–water partition coefficient (Wildman–Crippen LogP) is 1.53. The summed E-state index contributed by atoms with van der Waals surface area (Å²) in [5, 5.41) is 2.76. The third kappa shape index (κ3) is 1.80. The van der Waals surface area contributed by atoms with E-state index < -0.39 is 0 Å². The van der Waals surface area contributed by atoms with Gasteiger partial charge in [0, 0.05) is 19.2 Å². The summed E-state index contributed by atoms with van der Waals surface area (Å²) in [5.74, 6) is 0.251. The first-order chi connectivity index (χ1) is 7.61. The van der Waals surface area contributed by atoms with Crippen LogP contribution in [0.4, 0.5) is 9.18 Å². The van der Waals surface area contributed by atoms with Gasteiger partial charge < -0.3 is 15.0 Å². The second-order valence-corrected chi connectivity index (χ2v) is 3.77. The van der Waals surface area contributed by atoms with Gasteiger partial charge in [0.2, 0.25) is 0 Å². The molecular formula is C11H13FN2O2. The molecule has 1 atom stereocenters. The molecule has 0 spiro atoms. The molecule has 4 nitrogen and oxygen atoms in total. The molecule has 1 unspecified atom stereocenters. The van der Waals surface area contributed by atoms with E-state index in [0.29, 0.717) is 17.9 Å². The van der Waals surface area contributed by atoms with Gasteiger partial charge in [-0.1, -0.05) is 0 Å². The van der Waals surface area contributed by atoms with E-state index in [4.69, 9.17) is 4.74 Å². The van der Waals surface area contributed by atoms with Crippen LogP contribution < -0.4 is 10.1 Å². The summed E-state index contributed by atoms with van der Waals surface area (Å²) < 4.78 is 18.3. The Morgan fingerprint density at radius 2 is 2.31 bits per heavy atom. The fraction of sp³-hybridized carbons (Fsp3) is 0.364. The zero-order valence-electron chi connectivity index (χ0n) is 9.16. The first-order valence-corrected chi connectivity index (χ1v) is 4.97. The molecule has 1 aromatic carbocycles. The molecule has 1 fully saturated rings. The highest BCUT2D eigenvalue weighted by molar-refractivity contribution is 5.77. The molecule has 1 N–H and O–H groups in total. The van der Waals surface area contributed by atoms with Crippen LogP contribution in [0, 0.1) is 5.82 Å². The lowest BCUT2D eigenvalue weighted by atomic mass is 10.1. The lowest BCUT2D eigenvalue weighted by molar-refractivity contribution is 0.226. The molecular weight excluding hydrogens is 211 g/mol. The second kappa shape index (κ2) is 4.00. The highest BCUT2D eigenvalue weighted by Gasteiger charge is 2.29. The number of ether oxygens (including phenoxy) is 1. The SMILES string of the molecule is COc1ccc(F)cc1C1CN(C)C(=O)N1. The van der Waals surface area contributed by atoms with Gasteiger partial charge in [-0.15, -0.1) is 0 Å². The van der Waals surface area contributed by atoms with Gasteiger partial charge >= 0.3 is 6.03 Å². The van der Waals surface area contributed by atoms with Crippen LogP contribution in [0.3, 0.4) is 0 Å². The molecule has 5 heteroatoms. The Kier molecular flexibility index (Phi) is 2.68. The van der Waals surface area contributed by atoms with Crippen LogP contribution in [0.5, 0.6) is 5.75 Å². The van der Waals surface area contributed by atoms with Gasteiger partial charge in [0.15, 0.2) is 0 Å². The van der Waals surface area contributed by atoms with E-state index in [-0.39, 0.29) is 17.9 Å². The van der Waals surface area contributed by atoms with E-state index in [9.17, 15) is 9.18 Å². The van der Waals surface area contributed by atoms with Crippen molar-refractivity contribution >= 4 is 6.03 Å². The molecule has 0 bridgehead atoms. The number of amides is 2. The minimum Gasteiger partial charge on any atom is -0.496 e. The quantitative estimate of drug-likeness (QED) is 0.827. The van der Waals surface area contributed by atoms with Gasteiger partial charge in [0.05, 0.1) is 13.2 Å². The van der Waals surface area contributed by atoms with Gasteiger partial charge in [0.1, 0.15) is 11.6 Å². The molecule has 1 aromatic rings. The Morgan fingerprint density at radius 3 is 2.88 bits per heavy atom. The molecule has 86 valence electrons. The summed E-state index contributed by atoms with van der Waals surface area (Å²) in [6.45, 7) is 0.513. The zero-order chi connectivity index (χ0) is 11.7. The Hall–Kier alpha value is -1.78. The highest BCUT2D eigenvalue weighted by atomic mass is 19.1. The number of halogens is 1. The van der Waals surface area contributed by atoms with Crippen LogP contribution in [-0.4, -0.2) is 31.6 Å². The number of benzene rings is 1. The number of urea groups is 1. The fourth-order valence-corrected chi connectivity index (χ4v) is 1.82. The van der Waals surface area contributed by atoms with E-state index >= 15 is 0 Å². The average molecular weight is 224 g/mol. The summed E-state index contributed by atoms with van der Waals surface area (Å²) in [6.07, 6.45) is 0. The number of carbonyl (C=O) groups excluding carboxylic acids is 1. The second-order valence-electron chi connectivity index (χ2n) is 3.77. The Balaban J connectivity index is 2.33. The largest absolute Gasteiger partial charge is 0.496 e. The van der Waals surface area contributed by atoms with Gasteiger partial charge in [-0.2, -0.15) is 0 Å². The number of methoxy groups -OCH3 is 1. The smallest absolute Gasteiger partial charge is 0.317 e. The summed E-state index contributed by atoms with van der Waals surface area (Å²) in [5.41, 5.74) is 0.667. The van der Waals surface area contributed by atoms with Gasteiger partial charge in [-0.05, 0) is 18.2 Å².